The summed E-state index contributed by atoms with van der Waals surface area (Å²) in [5, 5.41) is 0. The second kappa shape index (κ2) is 6.50. The average molecular weight is 285 g/mol. The molecule has 0 spiro atoms. The Morgan fingerprint density at radius 2 is 1.56 bits per heavy atom. The van der Waals surface area contributed by atoms with Gasteiger partial charge in [0.15, 0.2) is 0 Å². The number of hydrogen-bond donors (Lipinski definition) is 0. The lowest BCUT2D eigenvalue weighted by Crippen LogP contribution is -2.56. The summed E-state index contributed by atoms with van der Waals surface area (Å²) in [5.41, 5.74) is 2.25. The van der Waals surface area contributed by atoms with E-state index < -0.39 is 16.3 Å². The first kappa shape index (κ1) is 16.1. The van der Waals surface area contributed by atoms with Crippen molar-refractivity contribution in [1.29, 1.82) is 0 Å². The zero-order chi connectivity index (χ0) is 13.8. The highest BCUT2D eigenvalue weighted by Gasteiger charge is 2.31. The second-order valence-corrected chi connectivity index (χ2v) is 16.8. The summed E-state index contributed by atoms with van der Waals surface area (Å²) in [6.45, 7) is 19.1. The molecule has 0 aromatic heterocycles. The fourth-order valence-corrected chi connectivity index (χ4v) is 7.06. The molecular weight excluding hydrogens is 252 g/mol. The van der Waals surface area contributed by atoms with E-state index in [9.17, 15) is 0 Å². The Bertz CT molecular complexity index is 269. The standard InChI is InChI=1S/C14H32N2Si2/c1-7-17(3,4)13-8-14-18(5,6)16-11-9-15(2)10-12-16/h7H,1,8-14H2,2-6H3. The third kappa shape index (κ3) is 4.99. The van der Waals surface area contributed by atoms with Crippen LogP contribution in [0.3, 0.4) is 0 Å². The molecule has 18 heavy (non-hydrogen) atoms. The predicted octanol–water partition coefficient (Wildman–Crippen LogP) is 3.26. The molecule has 1 aliphatic rings. The van der Waals surface area contributed by atoms with Gasteiger partial charge in [-0.1, -0.05) is 38.7 Å². The minimum absolute atomic E-state index is 1.08. The summed E-state index contributed by atoms with van der Waals surface area (Å²) in [4.78, 5) is 2.45. The van der Waals surface area contributed by atoms with Crippen LogP contribution in [-0.4, -0.2) is 59.0 Å². The fourth-order valence-electron chi connectivity index (χ4n) is 2.65. The van der Waals surface area contributed by atoms with Crippen molar-refractivity contribution in [1.82, 2.24) is 9.47 Å². The van der Waals surface area contributed by atoms with Crippen molar-refractivity contribution < 1.29 is 0 Å². The van der Waals surface area contributed by atoms with Crippen LogP contribution in [0, 0.1) is 0 Å². The summed E-state index contributed by atoms with van der Waals surface area (Å²) in [7, 11) is 0.0120. The van der Waals surface area contributed by atoms with Gasteiger partial charge in [-0.25, -0.2) is 0 Å². The van der Waals surface area contributed by atoms with Crippen molar-refractivity contribution in [3.05, 3.63) is 12.3 Å². The molecular formula is C14H32N2Si2. The van der Waals surface area contributed by atoms with Gasteiger partial charge >= 0.3 is 0 Å². The molecule has 0 saturated carbocycles. The van der Waals surface area contributed by atoms with Crippen LogP contribution in [0.4, 0.5) is 0 Å². The maximum Gasteiger partial charge on any atom is 0.122 e. The summed E-state index contributed by atoms with van der Waals surface area (Å²) < 4.78 is 2.81. The average Bonchev–Trinajstić information content (AvgIpc) is 2.29. The van der Waals surface area contributed by atoms with E-state index in [1.807, 2.05) is 0 Å². The van der Waals surface area contributed by atoms with Crippen molar-refractivity contribution in [2.24, 2.45) is 0 Å². The van der Waals surface area contributed by atoms with Crippen LogP contribution >= 0.6 is 0 Å². The molecule has 0 atom stereocenters. The van der Waals surface area contributed by atoms with E-state index in [0.29, 0.717) is 0 Å². The lowest BCUT2D eigenvalue weighted by molar-refractivity contribution is 0.216. The van der Waals surface area contributed by atoms with Gasteiger partial charge in [0, 0.05) is 26.2 Å². The molecule has 1 fully saturated rings. The Hall–Kier alpha value is 0.0938. The van der Waals surface area contributed by atoms with Gasteiger partial charge in [0.2, 0.25) is 0 Å². The smallest absolute Gasteiger partial charge is 0.122 e. The molecule has 0 aromatic rings. The van der Waals surface area contributed by atoms with E-state index in [0.717, 1.165) is 0 Å². The maximum atomic E-state index is 4.00. The summed E-state index contributed by atoms with van der Waals surface area (Å²) >= 11 is 0. The number of nitrogens with zero attached hydrogens (tertiary/aromatic N) is 2. The highest BCUT2D eigenvalue weighted by atomic mass is 28.3. The highest BCUT2D eigenvalue weighted by Crippen LogP contribution is 2.23. The lowest BCUT2D eigenvalue weighted by Gasteiger charge is -2.42. The Morgan fingerprint density at radius 3 is 2.06 bits per heavy atom. The fraction of sp³-hybridized carbons (Fsp3) is 0.857. The molecule has 0 unspecified atom stereocenters. The van der Waals surface area contributed by atoms with Gasteiger partial charge in [-0.05, 0) is 13.1 Å². The Kier molecular flexibility index (Phi) is 5.83. The highest BCUT2D eigenvalue weighted by molar-refractivity contribution is 6.82. The van der Waals surface area contributed by atoms with Gasteiger partial charge in [-0.3, -0.25) is 0 Å². The molecule has 4 heteroatoms. The molecule has 2 nitrogen and oxygen atoms in total. The van der Waals surface area contributed by atoms with Gasteiger partial charge in [0.1, 0.15) is 8.24 Å². The molecule has 0 N–H and O–H groups in total. The Labute approximate surface area is 116 Å². The van der Waals surface area contributed by atoms with Crippen molar-refractivity contribution >= 4 is 16.3 Å². The SMILES string of the molecule is C=C[Si](C)(C)CCC[Si](C)(C)N1CCN(C)CC1. The first-order valence-corrected chi connectivity index (χ1v) is 13.8. The Balaban J connectivity index is 2.37. The molecule has 0 radical (unpaired) electrons. The first-order chi connectivity index (χ1) is 8.27. The molecule has 0 bridgehead atoms. The van der Waals surface area contributed by atoms with Gasteiger partial charge in [-0.15, -0.1) is 12.3 Å². The molecule has 0 aliphatic carbocycles. The van der Waals surface area contributed by atoms with E-state index in [1.54, 1.807) is 0 Å². The second-order valence-electron chi connectivity index (χ2n) is 7.15. The van der Waals surface area contributed by atoms with E-state index in [2.05, 4.69) is 55.0 Å². The summed E-state index contributed by atoms with van der Waals surface area (Å²) in [6, 6.07) is 2.88. The van der Waals surface area contributed by atoms with Gasteiger partial charge in [0.05, 0.1) is 8.07 Å². The molecule has 1 rings (SSSR count). The van der Waals surface area contributed by atoms with Crippen molar-refractivity contribution in [3.8, 4) is 0 Å². The van der Waals surface area contributed by atoms with E-state index in [-0.39, 0.29) is 0 Å². The molecule has 1 saturated heterocycles. The number of piperazine rings is 1. The van der Waals surface area contributed by atoms with Crippen LogP contribution in [0.15, 0.2) is 12.3 Å². The topological polar surface area (TPSA) is 6.48 Å². The van der Waals surface area contributed by atoms with Gasteiger partial charge in [0.25, 0.3) is 0 Å². The van der Waals surface area contributed by atoms with Gasteiger partial charge in [-0.2, -0.15) is 0 Å². The van der Waals surface area contributed by atoms with Crippen LogP contribution < -0.4 is 0 Å². The maximum absolute atomic E-state index is 4.00. The first-order valence-electron chi connectivity index (χ1n) is 7.34. The predicted molar refractivity (Wildman–Crippen MR) is 88.5 cm³/mol. The van der Waals surface area contributed by atoms with Crippen LogP contribution in [0.2, 0.25) is 38.3 Å². The van der Waals surface area contributed by atoms with Gasteiger partial charge < -0.3 is 9.47 Å². The van der Waals surface area contributed by atoms with E-state index in [1.165, 1.54) is 44.7 Å². The van der Waals surface area contributed by atoms with Crippen LogP contribution in [0.1, 0.15) is 6.42 Å². The lowest BCUT2D eigenvalue weighted by atomic mass is 10.4. The van der Waals surface area contributed by atoms with E-state index >= 15 is 0 Å². The summed E-state index contributed by atoms with van der Waals surface area (Å²) in [6.07, 6.45) is 1.41. The van der Waals surface area contributed by atoms with Crippen LogP contribution in [0.25, 0.3) is 0 Å². The Morgan fingerprint density at radius 1 is 1.00 bits per heavy atom. The van der Waals surface area contributed by atoms with Crippen LogP contribution in [-0.2, 0) is 0 Å². The van der Waals surface area contributed by atoms with Crippen LogP contribution in [0.5, 0.6) is 0 Å². The third-order valence-corrected chi connectivity index (χ3v) is 11.0. The minimum Gasteiger partial charge on any atom is -0.321 e. The number of rotatable bonds is 6. The third-order valence-electron chi connectivity index (χ3n) is 4.52. The molecule has 0 amide bonds. The summed E-state index contributed by atoms with van der Waals surface area (Å²) in [5.74, 6) is 0. The largest absolute Gasteiger partial charge is 0.321 e. The molecule has 106 valence electrons. The minimum atomic E-state index is -1.15. The van der Waals surface area contributed by atoms with Crippen molar-refractivity contribution in [2.75, 3.05) is 33.2 Å². The quantitative estimate of drug-likeness (QED) is 0.691. The molecule has 1 heterocycles. The van der Waals surface area contributed by atoms with Crippen molar-refractivity contribution in [2.45, 2.75) is 44.7 Å². The zero-order valence-electron chi connectivity index (χ0n) is 13.1. The monoisotopic (exact) mass is 284 g/mol. The normalized spacial score (nSPS) is 20.1. The number of likely N-dealkylation sites (N-methyl/N-ethyl adjacent to an activating group) is 1. The van der Waals surface area contributed by atoms with E-state index in [4.69, 9.17) is 0 Å². The molecule has 0 aromatic carbocycles. The number of hydrogen-bond acceptors (Lipinski definition) is 2. The van der Waals surface area contributed by atoms with Crippen molar-refractivity contribution in [3.63, 3.8) is 0 Å². The molecule has 1 aliphatic heterocycles. The zero-order valence-corrected chi connectivity index (χ0v) is 15.1.